The number of nitrogens with two attached hydrogens (primary N) is 1. The van der Waals surface area contributed by atoms with Gasteiger partial charge in [0, 0.05) is 6.04 Å². The molecule has 0 spiro atoms. The predicted octanol–water partition coefficient (Wildman–Crippen LogP) is 0.909. The molecule has 1 aromatic rings. The van der Waals surface area contributed by atoms with Gasteiger partial charge < -0.3 is 5.11 Å². The molecule has 4 N–H and O–H groups in total. The van der Waals surface area contributed by atoms with Gasteiger partial charge in [-0.2, -0.15) is 0 Å². The second-order valence-corrected chi connectivity index (χ2v) is 2.82. The summed E-state index contributed by atoms with van der Waals surface area (Å²) >= 11 is 0. The van der Waals surface area contributed by atoms with Crippen LogP contribution in [0, 0.1) is 0 Å². The topological polar surface area (TPSA) is 75.3 Å². The third kappa shape index (κ3) is 2.27. The molecule has 0 aliphatic rings. The van der Waals surface area contributed by atoms with E-state index in [1.165, 1.54) is 0 Å². The van der Waals surface area contributed by atoms with Gasteiger partial charge in [0.1, 0.15) is 0 Å². The number of hydrogen-bond donors (Lipinski definition) is 3. The van der Waals surface area contributed by atoms with Crippen molar-refractivity contribution in [3.8, 4) is 0 Å². The highest BCUT2D eigenvalue weighted by atomic mass is 16.4. The van der Waals surface area contributed by atoms with Crippen LogP contribution in [-0.4, -0.2) is 11.1 Å². The van der Waals surface area contributed by atoms with Crippen molar-refractivity contribution < 1.29 is 9.90 Å². The number of hydrazine groups is 1. The summed E-state index contributed by atoms with van der Waals surface area (Å²) in [6, 6.07) is 6.64. The van der Waals surface area contributed by atoms with Gasteiger partial charge in [-0.1, -0.05) is 12.1 Å². The molecular weight excluding hydrogens is 168 g/mol. The lowest BCUT2D eigenvalue weighted by atomic mass is 10.1. The van der Waals surface area contributed by atoms with Gasteiger partial charge in [0.05, 0.1) is 5.56 Å². The number of rotatable bonds is 3. The second-order valence-electron chi connectivity index (χ2n) is 2.82. The lowest BCUT2D eigenvalue weighted by molar-refractivity contribution is 0.0697. The molecule has 0 amide bonds. The molecule has 4 nitrogen and oxygen atoms in total. The molecule has 0 radical (unpaired) electrons. The van der Waals surface area contributed by atoms with Crippen LogP contribution in [0.4, 0.5) is 0 Å². The van der Waals surface area contributed by atoms with Gasteiger partial charge in [-0.25, -0.2) is 4.79 Å². The Kier molecular flexibility index (Phi) is 3.00. The number of aromatic carboxylic acids is 1. The van der Waals surface area contributed by atoms with Gasteiger partial charge >= 0.3 is 5.97 Å². The minimum Gasteiger partial charge on any atom is -0.478 e. The highest BCUT2D eigenvalue weighted by molar-refractivity contribution is 5.87. The van der Waals surface area contributed by atoms with Crippen LogP contribution in [0.3, 0.4) is 0 Å². The van der Waals surface area contributed by atoms with E-state index < -0.39 is 5.97 Å². The summed E-state index contributed by atoms with van der Waals surface area (Å²) in [6.45, 7) is 1.90. The maximum absolute atomic E-state index is 10.5. The fourth-order valence-electron chi connectivity index (χ4n) is 1.01. The average Bonchev–Trinajstić information content (AvgIpc) is 2.17. The van der Waals surface area contributed by atoms with Crippen molar-refractivity contribution in [3.05, 3.63) is 35.4 Å². The van der Waals surface area contributed by atoms with Crippen molar-refractivity contribution in [2.45, 2.75) is 13.0 Å². The molecule has 13 heavy (non-hydrogen) atoms. The molecule has 4 heteroatoms. The van der Waals surface area contributed by atoms with Crippen LogP contribution in [0.2, 0.25) is 0 Å². The Morgan fingerprint density at radius 1 is 1.46 bits per heavy atom. The molecule has 0 saturated heterocycles. The van der Waals surface area contributed by atoms with E-state index in [2.05, 4.69) is 5.43 Å². The summed E-state index contributed by atoms with van der Waals surface area (Å²) < 4.78 is 0. The number of carboxylic acid groups (broad SMARTS) is 1. The molecular formula is C9H12N2O2. The molecule has 0 aliphatic heterocycles. The Labute approximate surface area is 76.3 Å². The third-order valence-electron chi connectivity index (χ3n) is 1.91. The Hall–Kier alpha value is -1.39. The highest BCUT2D eigenvalue weighted by Crippen LogP contribution is 2.11. The van der Waals surface area contributed by atoms with E-state index in [9.17, 15) is 4.79 Å². The zero-order valence-corrected chi connectivity index (χ0v) is 7.32. The molecule has 1 atom stereocenters. The summed E-state index contributed by atoms with van der Waals surface area (Å²) in [4.78, 5) is 10.5. The fraction of sp³-hybridized carbons (Fsp3) is 0.222. The first-order valence-electron chi connectivity index (χ1n) is 3.94. The molecule has 0 heterocycles. The van der Waals surface area contributed by atoms with Gasteiger partial charge in [-0.3, -0.25) is 11.3 Å². The molecule has 70 valence electrons. The Bertz CT molecular complexity index is 295. The van der Waals surface area contributed by atoms with E-state index in [-0.39, 0.29) is 11.6 Å². The summed E-state index contributed by atoms with van der Waals surface area (Å²) in [6.07, 6.45) is 0. The lowest BCUT2D eigenvalue weighted by Gasteiger charge is -2.09. The van der Waals surface area contributed by atoms with Crippen LogP contribution in [0.25, 0.3) is 0 Å². The normalized spacial score (nSPS) is 12.5. The zero-order chi connectivity index (χ0) is 9.84. The minimum atomic E-state index is -0.917. The minimum absolute atomic E-state index is 0.0304. The molecule has 1 rings (SSSR count). The summed E-state index contributed by atoms with van der Waals surface area (Å²) in [5.41, 5.74) is 3.83. The molecule has 0 unspecified atom stereocenters. The average molecular weight is 180 g/mol. The van der Waals surface area contributed by atoms with E-state index in [4.69, 9.17) is 10.9 Å². The van der Waals surface area contributed by atoms with Crippen molar-refractivity contribution in [2.24, 2.45) is 5.84 Å². The van der Waals surface area contributed by atoms with Gasteiger partial charge in [-0.05, 0) is 24.6 Å². The number of carboxylic acids is 1. The maximum Gasteiger partial charge on any atom is 0.335 e. The molecule has 0 bridgehead atoms. The molecule has 0 aromatic heterocycles. The first-order chi connectivity index (χ1) is 6.15. The zero-order valence-electron chi connectivity index (χ0n) is 7.32. The van der Waals surface area contributed by atoms with E-state index in [1.54, 1.807) is 24.3 Å². The molecule has 0 saturated carbocycles. The van der Waals surface area contributed by atoms with Crippen LogP contribution < -0.4 is 11.3 Å². The quantitative estimate of drug-likeness (QED) is 0.477. The standard InChI is InChI=1S/C9H12N2O2/c1-6(11-10)7-2-4-8(5-3-7)9(12)13/h2-6,11H,10H2,1H3,(H,12,13)/t6-/m0/s1. The number of carbonyl (C=O) groups is 1. The second kappa shape index (κ2) is 4.02. The van der Waals surface area contributed by atoms with Crippen LogP contribution in [0.15, 0.2) is 24.3 Å². The highest BCUT2D eigenvalue weighted by Gasteiger charge is 2.04. The van der Waals surface area contributed by atoms with Crippen LogP contribution in [0.5, 0.6) is 0 Å². The van der Waals surface area contributed by atoms with Crippen LogP contribution in [0.1, 0.15) is 28.9 Å². The van der Waals surface area contributed by atoms with Crippen molar-refractivity contribution in [2.75, 3.05) is 0 Å². The number of benzene rings is 1. The van der Waals surface area contributed by atoms with Gasteiger partial charge in [0.15, 0.2) is 0 Å². The first-order valence-corrected chi connectivity index (χ1v) is 3.94. The van der Waals surface area contributed by atoms with Crippen molar-refractivity contribution in [3.63, 3.8) is 0 Å². The summed E-state index contributed by atoms with van der Waals surface area (Å²) in [7, 11) is 0. The SMILES string of the molecule is C[C@H](NN)c1ccc(C(=O)O)cc1. The van der Waals surface area contributed by atoms with E-state index >= 15 is 0 Å². The first kappa shape index (κ1) is 9.70. The van der Waals surface area contributed by atoms with Crippen LogP contribution in [-0.2, 0) is 0 Å². The number of nitrogens with one attached hydrogen (secondary N) is 1. The smallest absolute Gasteiger partial charge is 0.335 e. The predicted molar refractivity (Wildman–Crippen MR) is 49.1 cm³/mol. The number of hydrogen-bond acceptors (Lipinski definition) is 3. The van der Waals surface area contributed by atoms with Gasteiger partial charge in [0.25, 0.3) is 0 Å². The van der Waals surface area contributed by atoms with Crippen molar-refractivity contribution >= 4 is 5.97 Å². The summed E-state index contributed by atoms with van der Waals surface area (Å²) in [5, 5.41) is 8.63. The Morgan fingerprint density at radius 3 is 2.38 bits per heavy atom. The maximum atomic E-state index is 10.5. The Balaban J connectivity index is 2.87. The molecule has 1 aromatic carbocycles. The van der Waals surface area contributed by atoms with Gasteiger partial charge in [-0.15, -0.1) is 0 Å². The van der Waals surface area contributed by atoms with Crippen molar-refractivity contribution in [1.82, 2.24) is 5.43 Å². The van der Waals surface area contributed by atoms with Crippen LogP contribution >= 0.6 is 0 Å². The van der Waals surface area contributed by atoms with Gasteiger partial charge in [0.2, 0.25) is 0 Å². The van der Waals surface area contributed by atoms with E-state index in [0.29, 0.717) is 0 Å². The fourth-order valence-corrected chi connectivity index (χ4v) is 1.01. The molecule has 0 fully saturated rings. The largest absolute Gasteiger partial charge is 0.478 e. The van der Waals surface area contributed by atoms with E-state index in [1.807, 2.05) is 6.92 Å². The van der Waals surface area contributed by atoms with Crippen molar-refractivity contribution in [1.29, 1.82) is 0 Å². The Morgan fingerprint density at radius 2 is 2.00 bits per heavy atom. The third-order valence-corrected chi connectivity index (χ3v) is 1.91. The summed E-state index contributed by atoms with van der Waals surface area (Å²) in [5.74, 6) is 4.32. The molecule has 0 aliphatic carbocycles. The van der Waals surface area contributed by atoms with E-state index in [0.717, 1.165) is 5.56 Å². The monoisotopic (exact) mass is 180 g/mol. The lowest BCUT2D eigenvalue weighted by Crippen LogP contribution is -2.25.